The number of carbonyl (C=O) groups excluding carboxylic acids is 2. The van der Waals surface area contributed by atoms with E-state index in [4.69, 9.17) is 0 Å². The molecule has 4 heteroatoms. The Balaban J connectivity index is 0. The van der Waals surface area contributed by atoms with Crippen LogP contribution in [0, 0.1) is 0 Å². The number of ether oxygens (including phenoxy) is 2. The topological polar surface area (TPSA) is 52.6 Å². The zero-order valence-electron chi connectivity index (χ0n) is 9.04. The van der Waals surface area contributed by atoms with Crippen molar-refractivity contribution in [1.29, 1.82) is 0 Å². The smallest absolute Gasteiger partial charge is 0.307 e. The second kappa shape index (κ2) is 11.7. The van der Waals surface area contributed by atoms with Crippen LogP contribution in [-0.4, -0.2) is 18.5 Å². The van der Waals surface area contributed by atoms with Gasteiger partial charge in [0.2, 0.25) is 0 Å². The lowest BCUT2D eigenvalue weighted by molar-refractivity contribution is -0.143. The summed E-state index contributed by atoms with van der Waals surface area (Å²) < 4.78 is 8.81. The van der Waals surface area contributed by atoms with Crippen LogP contribution in [0.4, 0.5) is 0 Å². The van der Waals surface area contributed by atoms with Crippen molar-refractivity contribution in [2.45, 2.75) is 33.6 Å². The monoisotopic (exact) mass is 202 g/mol. The van der Waals surface area contributed by atoms with Gasteiger partial charge in [0.25, 0.3) is 0 Å². The highest BCUT2D eigenvalue weighted by Gasteiger charge is 1.95. The Morgan fingerprint density at radius 1 is 1.36 bits per heavy atom. The molecule has 0 aliphatic heterocycles. The van der Waals surface area contributed by atoms with E-state index < -0.39 is 0 Å². The molecule has 0 aromatic rings. The maximum atomic E-state index is 10.4. The average Bonchev–Trinajstić information content (AvgIpc) is 2.05. The van der Waals surface area contributed by atoms with Crippen molar-refractivity contribution < 1.29 is 19.1 Å². The van der Waals surface area contributed by atoms with Crippen molar-refractivity contribution >= 4 is 11.9 Å². The van der Waals surface area contributed by atoms with E-state index in [1.165, 1.54) is 6.92 Å². The Hall–Kier alpha value is -1.32. The second-order valence-electron chi connectivity index (χ2n) is 2.33. The summed E-state index contributed by atoms with van der Waals surface area (Å²) in [7, 11) is 0. The Kier molecular flexibility index (Phi) is 12.7. The van der Waals surface area contributed by atoms with E-state index in [1.807, 2.05) is 13.8 Å². The van der Waals surface area contributed by atoms with Crippen molar-refractivity contribution in [2.24, 2.45) is 0 Å². The predicted octanol–water partition coefficient (Wildman–Crippen LogP) is 2.04. The van der Waals surface area contributed by atoms with Gasteiger partial charge in [-0.3, -0.25) is 9.59 Å². The van der Waals surface area contributed by atoms with Crippen molar-refractivity contribution in [3.05, 3.63) is 12.8 Å². The van der Waals surface area contributed by atoms with Gasteiger partial charge >= 0.3 is 11.9 Å². The molecule has 0 rings (SSSR count). The summed E-state index contributed by atoms with van der Waals surface area (Å²) in [5.74, 6) is -0.417. The summed E-state index contributed by atoms with van der Waals surface area (Å²) in [6.07, 6.45) is 2.52. The van der Waals surface area contributed by atoms with Gasteiger partial charge in [0, 0.05) is 13.3 Å². The molecule has 0 aliphatic carbocycles. The van der Waals surface area contributed by atoms with Crippen LogP contribution >= 0.6 is 0 Å². The van der Waals surface area contributed by atoms with Crippen LogP contribution in [-0.2, 0) is 19.1 Å². The lowest BCUT2D eigenvalue weighted by atomic mass is 10.3. The SMILES string of the molecule is C=COC(C)=O.CCCC(=O)OCC. The molecule has 0 amide bonds. The minimum atomic E-state index is -0.329. The van der Waals surface area contributed by atoms with Gasteiger partial charge in [0.05, 0.1) is 12.9 Å². The number of hydrogen-bond acceptors (Lipinski definition) is 4. The maximum Gasteiger partial charge on any atom is 0.307 e. The van der Waals surface area contributed by atoms with Gasteiger partial charge in [0.15, 0.2) is 0 Å². The number of esters is 2. The first-order valence-electron chi connectivity index (χ1n) is 4.52. The zero-order valence-corrected chi connectivity index (χ0v) is 9.04. The molecular weight excluding hydrogens is 184 g/mol. The quantitative estimate of drug-likeness (QED) is 0.517. The van der Waals surface area contributed by atoms with E-state index in [2.05, 4.69) is 16.1 Å². The molecule has 0 N–H and O–H groups in total. The molecule has 4 nitrogen and oxygen atoms in total. The van der Waals surface area contributed by atoms with Crippen LogP contribution in [0.15, 0.2) is 12.8 Å². The second-order valence-corrected chi connectivity index (χ2v) is 2.33. The summed E-state index contributed by atoms with van der Waals surface area (Å²) in [4.78, 5) is 20.2. The molecular formula is C10H18O4. The van der Waals surface area contributed by atoms with E-state index >= 15 is 0 Å². The molecule has 0 saturated heterocycles. The number of hydrogen-bond donors (Lipinski definition) is 0. The molecule has 0 bridgehead atoms. The molecule has 0 aromatic carbocycles. The van der Waals surface area contributed by atoms with E-state index in [0.29, 0.717) is 13.0 Å². The highest BCUT2D eigenvalue weighted by Crippen LogP contribution is 1.89. The first-order valence-corrected chi connectivity index (χ1v) is 4.52. The molecule has 0 saturated carbocycles. The lowest BCUT2D eigenvalue weighted by Crippen LogP contribution is -2.01. The zero-order chi connectivity index (χ0) is 11.4. The minimum Gasteiger partial charge on any atom is -0.466 e. The molecule has 0 aromatic heterocycles. The van der Waals surface area contributed by atoms with Crippen molar-refractivity contribution in [3.63, 3.8) is 0 Å². The first kappa shape index (κ1) is 15.2. The maximum absolute atomic E-state index is 10.4. The van der Waals surface area contributed by atoms with Gasteiger partial charge in [-0.25, -0.2) is 0 Å². The third-order valence-electron chi connectivity index (χ3n) is 1.01. The van der Waals surface area contributed by atoms with Crippen LogP contribution < -0.4 is 0 Å². The van der Waals surface area contributed by atoms with Crippen molar-refractivity contribution in [3.8, 4) is 0 Å². The molecule has 0 atom stereocenters. The van der Waals surface area contributed by atoms with Crippen LogP contribution in [0.3, 0.4) is 0 Å². The normalized spacial score (nSPS) is 7.93. The van der Waals surface area contributed by atoms with Gasteiger partial charge in [-0.05, 0) is 13.3 Å². The summed E-state index contributed by atoms with van der Waals surface area (Å²) in [6.45, 7) is 8.75. The fourth-order valence-corrected chi connectivity index (χ4v) is 0.555. The molecule has 14 heavy (non-hydrogen) atoms. The van der Waals surface area contributed by atoms with Gasteiger partial charge in [-0.15, -0.1) is 0 Å². The van der Waals surface area contributed by atoms with Crippen LogP contribution in [0.1, 0.15) is 33.6 Å². The Morgan fingerprint density at radius 3 is 2.14 bits per heavy atom. The average molecular weight is 202 g/mol. The Bertz CT molecular complexity index is 167. The molecule has 0 radical (unpaired) electrons. The molecule has 0 spiro atoms. The first-order chi connectivity index (χ1) is 6.58. The van der Waals surface area contributed by atoms with E-state index in [-0.39, 0.29) is 11.9 Å². The highest BCUT2D eigenvalue weighted by molar-refractivity contribution is 5.69. The van der Waals surface area contributed by atoms with Crippen molar-refractivity contribution in [2.75, 3.05) is 6.61 Å². The fourth-order valence-electron chi connectivity index (χ4n) is 0.555. The minimum absolute atomic E-state index is 0.0880. The standard InChI is InChI=1S/C6H12O2.C4H6O2/c1-3-5-6(7)8-4-2;1-3-6-4(2)5/h3-5H2,1-2H3;3H,1H2,2H3. The summed E-state index contributed by atoms with van der Waals surface area (Å²) in [6, 6.07) is 0. The van der Waals surface area contributed by atoms with Gasteiger partial charge in [-0.1, -0.05) is 13.5 Å². The van der Waals surface area contributed by atoms with Gasteiger partial charge in [-0.2, -0.15) is 0 Å². The van der Waals surface area contributed by atoms with Crippen molar-refractivity contribution in [1.82, 2.24) is 0 Å². The summed E-state index contributed by atoms with van der Waals surface area (Å²) in [5.41, 5.74) is 0. The van der Waals surface area contributed by atoms with Crippen LogP contribution in [0.5, 0.6) is 0 Å². The molecule has 0 unspecified atom stereocenters. The lowest BCUT2D eigenvalue weighted by Gasteiger charge is -1.96. The van der Waals surface area contributed by atoms with Gasteiger partial charge in [0.1, 0.15) is 0 Å². The molecule has 82 valence electrons. The molecule has 0 heterocycles. The van der Waals surface area contributed by atoms with E-state index in [0.717, 1.165) is 12.7 Å². The molecule has 0 fully saturated rings. The Labute approximate surface area is 84.9 Å². The van der Waals surface area contributed by atoms with Gasteiger partial charge < -0.3 is 9.47 Å². The highest BCUT2D eigenvalue weighted by atomic mass is 16.5. The third-order valence-corrected chi connectivity index (χ3v) is 1.01. The fraction of sp³-hybridized carbons (Fsp3) is 0.600. The van der Waals surface area contributed by atoms with E-state index in [9.17, 15) is 9.59 Å². The predicted molar refractivity (Wildman–Crippen MR) is 53.5 cm³/mol. The number of carbonyl (C=O) groups is 2. The van der Waals surface area contributed by atoms with E-state index in [1.54, 1.807) is 0 Å². The molecule has 0 aliphatic rings. The Morgan fingerprint density at radius 2 is 1.93 bits per heavy atom. The summed E-state index contributed by atoms with van der Waals surface area (Å²) in [5, 5.41) is 0. The third kappa shape index (κ3) is 17.0. The number of rotatable bonds is 4. The summed E-state index contributed by atoms with van der Waals surface area (Å²) >= 11 is 0. The van der Waals surface area contributed by atoms with Crippen LogP contribution in [0.25, 0.3) is 0 Å². The largest absolute Gasteiger partial charge is 0.466 e. The van der Waals surface area contributed by atoms with Crippen LogP contribution in [0.2, 0.25) is 0 Å².